The second-order valence-electron chi connectivity index (χ2n) is 5.35. The Balaban J connectivity index is 1.99. The van der Waals surface area contributed by atoms with Crippen LogP contribution in [0, 0.1) is 0 Å². The van der Waals surface area contributed by atoms with Crippen molar-refractivity contribution in [1.82, 2.24) is 15.3 Å². The van der Waals surface area contributed by atoms with Crippen LogP contribution in [0.15, 0.2) is 36.5 Å². The molecule has 0 radical (unpaired) electrons. The molecule has 0 spiro atoms. The summed E-state index contributed by atoms with van der Waals surface area (Å²) >= 11 is 0. The Hall–Kier alpha value is -2.63. The maximum Gasteiger partial charge on any atom is 0.251 e. The first kappa shape index (κ1) is 15.8. The summed E-state index contributed by atoms with van der Waals surface area (Å²) in [6, 6.07) is 9.27. The van der Waals surface area contributed by atoms with Gasteiger partial charge in [-0.3, -0.25) is 4.79 Å². The molecule has 1 heterocycles. The minimum Gasteiger partial charge on any atom is -0.378 e. The van der Waals surface area contributed by atoms with E-state index < -0.39 is 0 Å². The largest absolute Gasteiger partial charge is 0.378 e. The summed E-state index contributed by atoms with van der Waals surface area (Å²) in [6.45, 7) is 0.302. The smallest absolute Gasteiger partial charge is 0.251 e. The molecule has 0 aliphatic heterocycles. The maximum absolute atomic E-state index is 12.1. The Labute approximate surface area is 130 Å². The third-order valence-electron chi connectivity index (χ3n) is 3.20. The quantitative estimate of drug-likeness (QED) is 0.907. The van der Waals surface area contributed by atoms with Gasteiger partial charge in [0.25, 0.3) is 5.91 Å². The van der Waals surface area contributed by atoms with E-state index >= 15 is 0 Å². The second-order valence-corrected chi connectivity index (χ2v) is 5.35. The molecule has 0 bridgehead atoms. The lowest BCUT2D eigenvalue weighted by Gasteiger charge is -2.13. The number of anilines is 2. The molecule has 0 aliphatic rings. The fraction of sp³-hybridized carbons (Fsp3) is 0.312. The van der Waals surface area contributed by atoms with Crippen LogP contribution >= 0.6 is 0 Å². The van der Waals surface area contributed by atoms with Crippen LogP contribution in [0.2, 0.25) is 0 Å². The first-order chi connectivity index (χ1) is 10.5. The highest BCUT2D eigenvalue weighted by Gasteiger charge is 2.07. The number of carbonyl (C=O) groups excluding carboxylic acids is 1. The molecule has 1 aromatic heterocycles. The Kier molecular flexibility index (Phi) is 4.93. The fourth-order valence-electron chi connectivity index (χ4n) is 1.89. The summed E-state index contributed by atoms with van der Waals surface area (Å²) in [7, 11) is 7.75. The molecule has 6 heteroatoms. The zero-order chi connectivity index (χ0) is 16.1. The van der Waals surface area contributed by atoms with E-state index in [1.165, 1.54) is 0 Å². The van der Waals surface area contributed by atoms with Gasteiger partial charge in [0.1, 0.15) is 11.6 Å². The lowest BCUT2D eigenvalue weighted by molar-refractivity contribution is 0.0950. The Morgan fingerprint density at radius 3 is 2.32 bits per heavy atom. The molecule has 1 aromatic carbocycles. The third-order valence-corrected chi connectivity index (χ3v) is 3.20. The van der Waals surface area contributed by atoms with Crippen LogP contribution in [0.25, 0.3) is 0 Å². The topological polar surface area (TPSA) is 61.4 Å². The van der Waals surface area contributed by atoms with Crippen LogP contribution in [-0.2, 0) is 6.54 Å². The summed E-state index contributed by atoms with van der Waals surface area (Å²) in [5, 5.41) is 2.83. The van der Waals surface area contributed by atoms with E-state index in [1.54, 1.807) is 6.20 Å². The molecule has 0 atom stereocenters. The highest BCUT2D eigenvalue weighted by atomic mass is 16.1. The fourth-order valence-corrected chi connectivity index (χ4v) is 1.89. The van der Waals surface area contributed by atoms with Gasteiger partial charge in [-0.25, -0.2) is 9.97 Å². The van der Waals surface area contributed by atoms with E-state index in [0.717, 1.165) is 11.5 Å². The molecule has 1 N–H and O–H groups in total. The molecule has 6 nitrogen and oxygen atoms in total. The number of carbonyl (C=O) groups is 1. The van der Waals surface area contributed by atoms with Gasteiger partial charge in [-0.15, -0.1) is 0 Å². The van der Waals surface area contributed by atoms with Crippen molar-refractivity contribution in [2.24, 2.45) is 0 Å². The van der Waals surface area contributed by atoms with Gasteiger partial charge < -0.3 is 15.1 Å². The van der Waals surface area contributed by atoms with Crippen molar-refractivity contribution in [3.63, 3.8) is 0 Å². The van der Waals surface area contributed by atoms with Crippen LogP contribution in [0.1, 0.15) is 16.2 Å². The number of rotatable bonds is 5. The van der Waals surface area contributed by atoms with E-state index in [1.807, 2.05) is 68.3 Å². The second kappa shape index (κ2) is 6.89. The SMILES string of the molecule is CN(C)c1ccc(C(=O)NCc2nccc(N(C)C)n2)cc1. The Bertz CT molecular complexity index is 637. The molecule has 0 unspecified atom stereocenters. The van der Waals surface area contributed by atoms with Crippen LogP contribution in [0.5, 0.6) is 0 Å². The molecule has 0 fully saturated rings. The molecule has 0 saturated heterocycles. The van der Waals surface area contributed by atoms with Gasteiger partial charge in [0.15, 0.2) is 0 Å². The lowest BCUT2D eigenvalue weighted by atomic mass is 10.2. The number of hydrogen-bond donors (Lipinski definition) is 1. The average Bonchev–Trinajstić information content (AvgIpc) is 2.53. The number of amides is 1. The Morgan fingerprint density at radius 2 is 1.73 bits per heavy atom. The maximum atomic E-state index is 12.1. The van der Waals surface area contributed by atoms with E-state index in [0.29, 0.717) is 17.9 Å². The predicted molar refractivity (Wildman–Crippen MR) is 88.3 cm³/mol. The Morgan fingerprint density at radius 1 is 1.05 bits per heavy atom. The van der Waals surface area contributed by atoms with E-state index in [-0.39, 0.29) is 5.91 Å². The first-order valence-electron chi connectivity index (χ1n) is 7.02. The highest BCUT2D eigenvalue weighted by molar-refractivity contribution is 5.94. The van der Waals surface area contributed by atoms with Crippen molar-refractivity contribution >= 4 is 17.4 Å². The van der Waals surface area contributed by atoms with Gasteiger partial charge in [-0.05, 0) is 30.3 Å². The molecule has 0 saturated carbocycles. The van der Waals surface area contributed by atoms with Crippen molar-refractivity contribution in [2.75, 3.05) is 38.0 Å². The number of nitrogens with zero attached hydrogens (tertiary/aromatic N) is 4. The van der Waals surface area contributed by atoms with E-state index in [2.05, 4.69) is 15.3 Å². The summed E-state index contributed by atoms with van der Waals surface area (Å²) in [5.41, 5.74) is 1.67. The standard InChI is InChI=1S/C16H21N5O/c1-20(2)13-7-5-12(6-8-13)16(22)18-11-14-17-10-9-15(19-14)21(3)4/h5-10H,11H2,1-4H3,(H,18,22). The van der Waals surface area contributed by atoms with Crippen molar-refractivity contribution in [3.8, 4) is 0 Å². The van der Waals surface area contributed by atoms with Crippen molar-refractivity contribution in [3.05, 3.63) is 47.9 Å². The minimum absolute atomic E-state index is 0.135. The highest BCUT2D eigenvalue weighted by Crippen LogP contribution is 2.12. The predicted octanol–water partition coefficient (Wildman–Crippen LogP) is 1.54. The lowest BCUT2D eigenvalue weighted by Crippen LogP contribution is -2.24. The molecular formula is C16H21N5O. The molecule has 22 heavy (non-hydrogen) atoms. The van der Waals surface area contributed by atoms with Crippen LogP contribution in [0.3, 0.4) is 0 Å². The monoisotopic (exact) mass is 299 g/mol. The summed E-state index contributed by atoms with van der Waals surface area (Å²) in [4.78, 5) is 24.5. The van der Waals surface area contributed by atoms with E-state index in [9.17, 15) is 4.79 Å². The van der Waals surface area contributed by atoms with Crippen LogP contribution < -0.4 is 15.1 Å². The normalized spacial score (nSPS) is 10.2. The molecule has 0 aliphatic carbocycles. The number of benzene rings is 1. The number of nitrogens with one attached hydrogen (secondary N) is 1. The van der Waals surface area contributed by atoms with Gasteiger partial charge in [0.05, 0.1) is 6.54 Å². The molecule has 1 amide bonds. The minimum atomic E-state index is -0.135. The molecular weight excluding hydrogens is 278 g/mol. The third kappa shape index (κ3) is 3.94. The first-order valence-corrected chi connectivity index (χ1v) is 7.02. The van der Waals surface area contributed by atoms with Gasteiger partial charge in [0, 0.05) is 45.6 Å². The molecule has 2 aromatic rings. The van der Waals surface area contributed by atoms with Gasteiger partial charge in [0.2, 0.25) is 0 Å². The van der Waals surface area contributed by atoms with Crippen molar-refractivity contribution < 1.29 is 4.79 Å². The summed E-state index contributed by atoms with van der Waals surface area (Å²) < 4.78 is 0. The van der Waals surface area contributed by atoms with Crippen LogP contribution in [-0.4, -0.2) is 44.1 Å². The van der Waals surface area contributed by atoms with Gasteiger partial charge >= 0.3 is 0 Å². The van der Waals surface area contributed by atoms with Crippen molar-refractivity contribution in [2.45, 2.75) is 6.54 Å². The number of hydrogen-bond acceptors (Lipinski definition) is 5. The summed E-state index contributed by atoms with van der Waals surface area (Å²) in [5.74, 6) is 1.27. The average molecular weight is 299 g/mol. The summed E-state index contributed by atoms with van der Waals surface area (Å²) in [6.07, 6.45) is 1.69. The van der Waals surface area contributed by atoms with Crippen LogP contribution in [0.4, 0.5) is 11.5 Å². The van der Waals surface area contributed by atoms with E-state index in [4.69, 9.17) is 0 Å². The number of aromatic nitrogens is 2. The van der Waals surface area contributed by atoms with Gasteiger partial charge in [-0.1, -0.05) is 0 Å². The zero-order valence-electron chi connectivity index (χ0n) is 13.4. The zero-order valence-corrected chi connectivity index (χ0v) is 13.4. The van der Waals surface area contributed by atoms with Crippen molar-refractivity contribution in [1.29, 1.82) is 0 Å². The molecule has 2 rings (SSSR count). The molecule has 116 valence electrons. The van der Waals surface area contributed by atoms with Gasteiger partial charge in [-0.2, -0.15) is 0 Å².